The van der Waals surface area contributed by atoms with Crippen LogP contribution in [0.5, 0.6) is 0 Å². The van der Waals surface area contributed by atoms with Crippen LogP contribution < -0.4 is 21.3 Å². The zero-order valence-electron chi connectivity index (χ0n) is 12.0. The number of halogens is 1. The topological polar surface area (TPSA) is 99.3 Å². The van der Waals surface area contributed by atoms with Crippen LogP contribution in [0.2, 0.25) is 5.02 Å². The Morgan fingerprint density at radius 3 is 2.64 bits per heavy atom. The summed E-state index contributed by atoms with van der Waals surface area (Å²) in [5.74, 6) is -0.743. The molecule has 4 N–H and O–H groups in total. The predicted molar refractivity (Wildman–Crippen MR) is 83.0 cm³/mol. The molecule has 118 valence electrons. The fourth-order valence-corrected chi connectivity index (χ4v) is 1.93. The van der Waals surface area contributed by atoms with Crippen LogP contribution in [0.3, 0.4) is 0 Å². The van der Waals surface area contributed by atoms with Gasteiger partial charge < -0.3 is 16.0 Å². The summed E-state index contributed by atoms with van der Waals surface area (Å²) in [5, 5.41) is 10.5. The molecule has 0 aliphatic heterocycles. The number of carbonyl (C=O) groups is 3. The van der Waals surface area contributed by atoms with Crippen LogP contribution in [-0.4, -0.2) is 37.5 Å². The molecule has 0 spiro atoms. The molecule has 8 heteroatoms. The standard InChI is InChI=1S/C14H17ClN4O3/c1-16-13(21)8-2-5-10(15)11(6-8)17-7-12(20)19-14(22)18-9-3-4-9/h2,5-6,9,17H,3-4,7H2,1H3,(H,16,21)(H2,18,19,20,22). The molecule has 2 rings (SSSR count). The average Bonchev–Trinajstić information content (AvgIpc) is 3.29. The minimum absolute atomic E-state index is 0.130. The molecule has 7 nitrogen and oxygen atoms in total. The molecule has 0 aromatic heterocycles. The highest BCUT2D eigenvalue weighted by atomic mass is 35.5. The Kier molecular flexibility index (Phi) is 5.21. The largest absolute Gasteiger partial charge is 0.375 e. The molecular formula is C14H17ClN4O3. The maximum absolute atomic E-state index is 11.7. The van der Waals surface area contributed by atoms with Crippen molar-refractivity contribution in [3.8, 4) is 0 Å². The van der Waals surface area contributed by atoms with E-state index in [0.717, 1.165) is 12.8 Å². The number of nitrogens with one attached hydrogen (secondary N) is 4. The summed E-state index contributed by atoms with van der Waals surface area (Å²) in [6, 6.07) is 4.36. The van der Waals surface area contributed by atoms with Crippen molar-refractivity contribution in [2.75, 3.05) is 18.9 Å². The summed E-state index contributed by atoms with van der Waals surface area (Å²) in [4.78, 5) is 34.6. The summed E-state index contributed by atoms with van der Waals surface area (Å²) in [6.07, 6.45) is 1.89. The van der Waals surface area contributed by atoms with Crippen LogP contribution in [0, 0.1) is 0 Å². The number of carbonyl (C=O) groups excluding carboxylic acids is 3. The summed E-state index contributed by atoms with van der Waals surface area (Å²) in [6.45, 7) is -0.130. The van der Waals surface area contributed by atoms with Gasteiger partial charge in [0.2, 0.25) is 5.91 Å². The van der Waals surface area contributed by atoms with E-state index in [1.807, 2.05) is 0 Å². The van der Waals surface area contributed by atoms with Crippen molar-refractivity contribution in [3.63, 3.8) is 0 Å². The van der Waals surface area contributed by atoms with Gasteiger partial charge in [-0.05, 0) is 31.0 Å². The SMILES string of the molecule is CNC(=O)c1ccc(Cl)c(NCC(=O)NC(=O)NC2CC2)c1. The molecule has 4 amide bonds. The number of hydrogen-bond donors (Lipinski definition) is 4. The van der Waals surface area contributed by atoms with Gasteiger partial charge in [0.15, 0.2) is 0 Å². The Hall–Kier alpha value is -2.28. The molecule has 0 atom stereocenters. The summed E-state index contributed by atoms with van der Waals surface area (Å²) in [7, 11) is 1.52. The van der Waals surface area contributed by atoms with E-state index in [1.165, 1.54) is 7.05 Å². The molecule has 1 aromatic carbocycles. The number of anilines is 1. The van der Waals surface area contributed by atoms with Crippen molar-refractivity contribution >= 4 is 35.1 Å². The van der Waals surface area contributed by atoms with Crippen LogP contribution in [-0.2, 0) is 4.79 Å². The smallest absolute Gasteiger partial charge is 0.321 e. The molecule has 1 aliphatic carbocycles. The Bertz CT molecular complexity index is 602. The maximum Gasteiger partial charge on any atom is 0.321 e. The lowest BCUT2D eigenvalue weighted by atomic mass is 10.2. The molecular weight excluding hydrogens is 308 g/mol. The number of benzene rings is 1. The van der Waals surface area contributed by atoms with Crippen molar-refractivity contribution in [2.45, 2.75) is 18.9 Å². The number of amides is 4. The third-order valence-electron chi connectivity index (χ3n) is 3.06. The van der Waals surface area contributed by atoms with Crippen molar-refractivity contribution in [1.82, 2.24) is 16.0 Å². The molecule has 1 aliphatic rings. The van der Waals surface area contributed by atoms with Gasteiger partial charge in [-0.1, -0.05) is 11.6 Å². The van der Waals surface area contributed by atoms with Crippen LogP contribution in [0.25, 0.3) is 0 Å². The van der Waals surface area contributed by atoms with Crippen molar-refractivity contribution in [2.24, 2.45) is 0 Å². The number of rotatable bonds is 5. The molecule has 0 bridgehead atoms. The molecule has 0 radical (unpaired) electrons. The molecule has 1 saturated carbocycles. The Morgan fingerprint density at radius 2 is 2.00 bits per heavy atom. The highest BCUT2D eigenvalue weighted by Gasteiger charge is 2.23. The van der Waals surface area contributed by atoms with Crippen molar-refractivity contribution in [1.29, 1.82) is 0 Å². The average molecular weight is 325 g/mol. The normalized spacial score (nSPS) is 13.2. The molecule has 22 heavy (non-hydrogen) atoms. The third kappa shape index (κ3) is 4.63. The van der Waals surface area contributed by atoms with Gasteiger partial charge >= 0.3 is 6.03 Å². The molecule has 1 fully saturated rings. The third-order valence-corrected chi connectivity index (χ3v) is 3.39. The van der Waals surface area contributed by atoms with E-state index in [1.54, 1.807) is 18.2 Å². The van der Waals surface area contributed by atoms with Crippen LogP contribution in [0.1, 0.15) is 23.2 Å². The summed E-state index contributed by atoms with van der Waals surface area (Å²) >= 11 is 6.01. The Morgan fingerprint density at radius 1 is 1.27 bits per heavy atom. The monoisotopic (exact) mass is 324 g/mol. The van der Waals surface area contributed by atoms with Crippen LogP contribution in [0.4, 0.5) is 10.5 Å². The number of hydrogen-bond acceptors (Lipinski definition) is 4. The van der Waals surface area contributed by atoms with E-state index in [-0.39, 0.29) is 18.5 Å². The first-order valence-corrected chi connectivity index (χ1v) is 7.23. The first-order chi connectivity index (χ1) is 10.5. The van der Waals surface area contributed by atoms with Crippen molar-refractivity contribution < 1.29 is 14.4 Å². The zero-order valence-corrected chi connectivity index (χ0v) is 12.8. The predicted octanol–water partition coefficient (Wildman–Crippen LogP) is 1.10. The van der Waals surface area contributed by atoms with E-state index in [4.69, 9.17) is 11.6 Å². The Labute approximate surface area is 132 Å². The molecule has 1 aromatic rings. The van der Waals surface area contributed by atoms with Gasteiger partial charge in [0.05, 0.1) is 17.3 Å². The van der Waals surface area contributed by atoms with Gasteiger partial charge in [-0.25, -0.2) is 4.79 Å². The van der Waals surface area contributed by atoms with Crippen LogP contribution in [0.15, 0.2) is 18.2 Å². The maximum atomic E-state index is 11.7. The van der Waals surface area contributed by atoms with Crippen molar-refractivity contribution in [3.05, 3.63) is 28.8 Å². The number of urea groups is 1. The highest BCUT2D eigenvalue weighted by molar-refractivity contribution is 6.33. The van der Waals surface area contributed by atoms with Gasteiger partial charge in [0, 0.05) is 18.7 Å². The second-order valence-electron chi connectivity index (χ2n) is 4.92. The quantitative estimate of drug-likeness (QED) is 0.651. The summed E-state index contributed by atoms with van der Waals surface area (Å²) in [5.41, 5.74) is 0.863. The lowest BCUT2D eigenvalue weighted by Gasteiger charge is -2.10. The molecule has 0 unspecified atom stereocenters. The first kappa shape index (κ1) is 16.1. The van der Waals surface area contributed by atoms with E-state index < -0.39 is 11.9 Å². The minimum Gasteiger partial charge on any atom is -0.375 e. The molecule has 0 saturated heterocycles. The van der Waals surface area contributed by atoms with Gasteiger partial charge in [-0.3, -0.25) is 14.9 Å². The van der Waals surface area contributed by atoms with Gasteiger partial charge in [0.1, 0.15) is 0 Å². The first-order valence-electron chi connectivity index (χ1n) is 6.85. The lowest BCUT2D eigenvalue weighted by Crippen LogP contribution is -2.42. The second kappa shape index (κ2) is 7.13. The highest BCUT2D eigenvalue weighted by Crippen LogP contribution is 2.22. The fraction of sp³-hybridized carbons (Fsp3) is 0.357. The Balaban J connectivity index is 1.88. The zero-order chi connectivity index (χ0) is 16.1. The van der Waals surface area contributed by atoms with Gasteiger partial charge in [0.25, 0.3) is 5.91 Å². The fourth-order valence-electron chi connectivity index (χ4n) is 1.74. The van der Waals surface area contributed by atoms with Crippen LogP contribution >= 0.6 is 11.6 Å². The van der Waals surface area contributed by atoms with E-state index in [9.17, 15) is 14.4 Å². The minimum atomic E-state index is -0.500. The van der Waals surface area contributed by atoms with E-state index in [0.29, 0.717) is 16.3 Å². The van der Waals surface area contributed by atoms with Gasteiger partial charge in [-0.2, -0.15) is 0 Å². The lowest BCUT2D eigenvalue weighted by molar-refractivity contribution is -0.118. The van der Waals surface area contributed by atoms with E-state index in [2.05, 4.69) is 21.3 Å². The molecule has 0 heterocycles. The second-order valence-corrected chi connectivity index (χ2v) is 5.33. The van der Waals surface area contributed by atoms with E-state index >= 15 is 0 Å². The van der Waals surface area contributed by atoms with Gasteiger partial charge in [-0.15, -0.1) is 0 Å². The summed E-state index contributed by atoms with van der Waals surface area (Å²) < 4.78 is 0. The number of imide groups is 1.